The van der Waals surface area contributed by atoms with E-state index in [9.17, 15) is 14.4 Å². The molecular formula is C26H27N3O5. The second kappa shape index (κ2) is 12.6. The molecule has 3 N–H and O–H groups in total. The minimum atomic E-state index is -0.920. The van der Waals surface area contributed by atoms with Crippen molar-refractivity contribution in [1.82, 2.24) is 16.2 Å². The van der Waals surface area contributed by atoms with Gasteiger partial charge in [-0.15, -0.1) is 0 Å². The molecule has 0 bridgehead atoms. The maximum atomic E-state index is 12.2. The normalized spacial score (nSPS) is 11.1. The number of hydrogen-bond donors (Lipinski definition) is 3. The van der Waals surface area contributed by atoms with Gasteiger partial charge in [-0.2, -0.15) is 0 Å². The summed E-state index contributed by atoms with van der Waals surface area (Å²) in [5.41, 5.74) is 7.43. The lowest BCUT2D eigenvalue weighted by molar-refractivity contribution is -0.130. The van der Waals surface area contributed by atoms with Gasteiger partial charge in [-0.25, -0.2) is 4.79 Å². The summed E-state index contributed by atoms with van der Waals surface area (Å²) in [5.74, 6) is -0.555. The minimum Gasteiger partial charge on any atom is -0.483 e. The number of amides is 3. The van der Waals surface area contributed by atoms with Crippen molar-refractivity contribution in [2.24, 2.45) is 0 Å². The fourth-order valence-electron chi connectivity index (χ4n) is 3.03. The second-order valence-corrected chi connectivity index (χ2v) is 7.52. The molecule has 1 atom stereocenters. The third kappa shape index (κ3) is 7.98. The van der Waals surface area contributed by atoms with Crippen molar-refractivity contribution < 1.29 is 23.9 Å². The van der Waals surface area contributed by atoms with E-state index in [1.54, 1.807) is 6.07 Å². The van der Waals surface area contributed by atoms with Gasteiger partial charge in [-0.3, -0.25) is 20.4 Å². The van der Waals surface area contributed by atoms with E-state index in [-0.39, 0.29) is 13.2 Å². The number of alkyl carbamates (subject to hydrolysis) is 1. The molecule has 0 aliphatic heterocycles. The Hall–Kier alpha value is -4.33. The Balaban J connectivity index is 1.39. The van der Waals surface area contributed by atoms with Crippen LogP contribution in [0.25, 0.3) is 0 Å². The van der Waals surface area contributed by atoms with Crippen molar-refractivity contribution in [3.05, 3.63) is 102 Å². The zero-order chi connectivity index (χ0) is 24.2. The molecule has 0 saturated carbocycles. The summed E-state index contributed by atoms with van der Waals surface area (Å²) in [5, 5.41) is 2.41. The fourth-order valence-corrected chi connectivity index (χ4v) is 3.03. The van der Waals surface area contributed by atoms with Crippen molar-refractivity contribution in [3.63, 3.8) is 0 Å². The molecule has 0 aliphatic rings. The van der Waals surface area contributed by atoms with Gasteiger partial charge in [0.1, 0.15) is 18.4 Å². The molecule has 34 heavy (non-hydrogen) atoms. The number of para-hydroxylation sites is 1. The van der Waals surface area contributed by atoms with Crippen LogP contribution in [0.15, 0.2) is 84.9 Å². The number of carbonyl (C=O) groups excluding carboxylic acids is 3. The lowest BCUT2D eigenvalue weighted by atomic mass is 10.0. The molecule has 0 heterocycles. The summed E-state index contributed by atoms with van der Waals surface area (Å²) in [4.78, 5) is 36.2. The Kier molecular flexibility index (Phi) is 9.04. The van der Waals surface area contributed by atoms with Gasteiger partial charge in [0, 0.05) is 6.42 Å². The highest BCUT2D eigenvalue weighted by molar-refractivity contribution is 5.87. The zero-order valence-corrected chi connectivity index (χ0v) is 18.8. The van der Waals surface area contributed by atoms with Gasteiger partial charge < -0.3 is 14.8 Å². The molecule has 176 valence electrons. The Morgan fingerprint density at radius 3 is 2.12 bits per heavy atom. The fraction of sp³-hybridized carbons (Fsp3) is 0.192. The van der Waals surface area contributed by atoms with E-state index in [0.717, 1.165) is 16.7 Å². The maximum Gasteiger partial charge on any atom is 0.408 e. The van der Waals surface area contributed by atoms with E-state index in [1.165, 1.54) is 6.92 Å². The molecule has 0 aromatic heterocycles. The van der Waals surface area contributed by atoms with Crippen molar-refractivity contribution in [2.45, 2.75) is 26.0 Å². The van der Waals surface area contributed by atoms with Gasteiger partial charge in [0.25, 0.3) is 11.8 Å². The second-order valence-electron chi connectivity index (χ2n) is 7.52. The Morgan fingerprint density at radius 2 is 1.41 bits per heavy atom. The van der Waals surface area contributed by atoms with E-state index in [2.05, 4.69) is 16.2 Å². The first-order chi connectivity index (χ1) is 16.5. The van der Waals surface area contributed by atoms with Crippen LogP contribution in [0, 0.1) is 0 Å². The summed E-state index contributed by atoms with van der Waals surface area (Å²) in [7, 11) is 0. The molecule has 8 heteroatoms. The van der Waals surface area contributed by atoms with Crippen LogP contribution in [-0.4, -0.2) is 30.6 Å². The van der Waals surface area contributed by atoms with Gasteiger partial charge in [0.15, 0.2) is 6.61 Å². The van der Waals surface area contributed by atoms with Gasteiger partial charge in [0.05, 0.1) is 0 Å². The lowest BCUT2D eigenvalue weighted by Gasteiger charge is -2.15. The number of nitrogens with one attached hydrogen (secondary N) is 3. The molecular weight excluding hydrogens is 434 g/mol. The summed E-state index contributed by atoms with van der Waals surface area (Å²) in [6, 6.07) is 25.6. The van der Waals surface area contributed by atoms with Crippen LogP contribution in [0.4, 0.5) is 4.79 Å². The molecule has 0 aliphatic carbocycles. The molecule has 8 nitrogen and oxygen atoms in total. The number of rotatable bonds is 9. The Labute approximate surface area is 198 Å². The summed E-state index contributed by atoms with van der Waals surface area (Å²) in [6.07, 6.45) is -0.0740. The molecule has 0 radical (unpaired) electrons. The van der Waals surface area contributed by atoms with E-state index in [0.29, 0.717) is 12.2 Å². The quantitative estimate of drug-likeness (QED) is 0.425. The third-order valence-electron chi connectivity index (χ3n) is 4.83. The third-order valence-corrected chi connectivity index (χ3v) is 4.83. The summed E-state index contributed by atoms with van der Waals surface area (Å²) >= 11 is 0. The van der Waals surface area contributed by atoms with E-state index < -0.39 is 23.9 Å². The molecule has 3 amide bonds. The summed E-state index contributed by atoms with van der Waals surface area (Å²) in [6.45, 7) is 1.27. The highest BCUT2D eigenvalue weighted by atomic mass is 16.5. The van der Waals surface area contributed by atoms with Crippen LogP contribution < -0.4 is 20.9 Å². The Bertz CT molecular complexity index is 1090. The van der Waals surface area contributed by atoms with Crippen LogP contribution in [0.1, 0.15) is 23.6 Å². The lowest BCUT2D eigenvalue weighted by Crippen LogP contribution is -2.52. The molecule has 3 aromatic rings. The van der Waals surface area contributed by atoms with E-state index in [4.69, 9.17) is 9.47 Å². The van der Waals surface area contributed by atoms with E-state index in [1.807, 2.05) is 78.9 Å². The highest BCUT2D eigenvalue weighted by Crippen LogP contribution is 2.21. The number of ether oxygens (including phenoxy) is 2. The van der Waals surface area contributed by atoms with Gasteiger partial charge >= 0.3 is 6.09 Å². The van der Waals surface area contributed by atoms with Crippen LogP contribution in [0.3, 0.4) is 0 Å². The zero-order valence-electron chi connectivity index (χ0n) is 18.8. The first kappa shape index (κ1) is 24.3. The topological polar surface area (TPSA) is 106 Å². The molecule has 0 unspecified atom stereocenters. The van der Waals surface area contributed by atoms with Gasteiger partial charge in [0.2, 0.25) is 0 Å². The largest absolute Gasteiger partial charge is 0.483 e. The minimum absolute atomic E-state index is 0.0842. The smallest absolute Gasteiger partial charge is 0.408 e. The number of hydrazine groups is 1. The number of benzene rings is 3. The molecule has 0 spiro atoms. The van der Waals surface area contributed by atoms with Crippen molar-refractivity contribution >= 4 is 17.9 Å². The Morgan fingerprint density at radius 1 is 0.794 bits per heavy atom. The van der Waals surface area contributed by atoms with E-state index >= 15 is 0 Å². The molecule has 0 fully saturated rings. The van der Waals surface area contributed by atoms with Crippen LogP contribution in [0.5, 0.6) is 5.75 Å². The average molecular weight is 462 g/mol. The van der Waals surface area contributed by atoms with Crippen molar-refractivity contribution in [1.29, 1.82) is 0 Å². The number of hydrogen-bond acceptors (Lipinski definition) is 5. The first-order valence-electron chi connectivity index (χ1n) is 10.8. The summed E-state index contributed by atoms with van der Waals surface area (Å²) < 4.78 is 10.7. The van der Waals surface area contributed by atoms with Crippen LogP contribution >= 0.6 is 0 Å². The molecule has 0 saturated heterocycles. The van der Waals surface area contributed by atoms with Crippen LogP contribution in [-0.2, 0) is 27.4 Å². The molecule has 3 aromatic carbocycles. The first-order valence-corrected chi connectivity index (χ1v) is 10.8. The maximum absolute atomic E-state index is 12.2. The SMILES string of the molecule is C[C@@H](NC(=O)OCc1ccccc1)C(=O)NNC(=O)COc1ccccc1Cc1ccccc1. The van der Waals surface area contributed by atoms with Gasteiger partial charge in [-0.1, -0.05) is 78.9 Å². The van der Waals surface area contributed by atoms with Crippen LogP contribution in [0.2, 0.25) is 0 Å². The predicted octanol–water partition coefficient (Wildman–Crippen LogP) is 3.12. The predicted molar refractivity (Wildman–Crippen MR) is 127 cm³/mol. The standard InChI is InChI=1S/C26H27N3O5/c1-19(27-26(32)34-17-21-12-6-3-7-13-21)25(31)29-28-24(30)18-33-23-15-9-8-14-22(23)16-20-10-4-2-5-11-20/h2-15,19H,16-18H2,1H3,(H,27,32)(H,28,30)(H,29,31)/t19-/m1/s1. The van der Waals surface area contributed by atoms with Gasteiger partial charge in [-0.05, 0) is 29.7 Å². The monoisotopic (exact) mass is 461 g/mol. The van der Waals surface area contributed by atoms with Crippen molar-refractivity contribution in [2.75, 3.05) is 6.61 Å². The highest BCUT2D eigenvalue weighted by Gasteiger charge is 2.17. The molecule has 3 rings (SSSR count). The van der Waals surface area contributed by atoms with Crippen molar-refractivity contribution in [3.8, 4) is 5.75 Å². The number of carbonyl (C=O) groups is 3. The average Bonchev–Trinajstić information content (AvgIpc) is 2.86.